The van der Waals surface area contributed by atoms with Crippen LogP contribution in [0.3, 0.4) is 0 Å². The van der Waals surface area contributed by atoms with Crippen LogP contribution in [0.2, 0.25) is 0 Å². The summed E-state index contributed by atoms with van der Waals surface area (Å²) in [6.45, 7) is 5.10. The molecule has 1 N–H and O–H groups in total. The SMILES string of the molecule is CCc1ccc(NC(=O)CN2CCN(Cc3ccc(C)cc3)C(=O)C2=O)cc1. The highest BCUT2D eigenvalue weighted by atomic mass is 16.2. The molecule has 0 atom stereocenters. The molecule has 0 saturated carbocycles. The van der Waals surface area contributed by atoms with Gasteiger partial charge in [-0.3, -0.25) is 14.4 Å². The van der Waals surface area contributed by atoms with Crippen molar-refractivity contribution < 1.29 is 14.4 Å². The molecule has 3 rings (SSSR count). The Morgan fingerprint density at radius 1 is 0.893 bits per heavy atom. The van der Waals surface area contributed by atoms with Gasteiger partial charge in [0.25, 0.3) is 0 Å². The van der Waals surface area contributed by atoms with Crippen molar-refractivity contribution in [2.45, 2.75) is 26.8 Å². The van der Waals surface area contributed by atoms with E-state index in [4.69, 9.17) is 0 Å². The van der Waals surface area contributed by atoms with Crippen LogP contribution in [0.5, 0.6) is 0 Å². The van der Waals surface area contributed by atoms with Crippen LogP contribution in [0.25, 0.3) is 0 Å². The van der Waals surface area contributed by atoms with Crippen LogP contribution in [-0.4, -0.2) is 47.2 Å². The van der Waals surface area contributed by atoms with Crippen LogP contribution in [-0.2, 0) is 27.3 Å². The maximum atomic E-state index is 12.4. The van der Waals surface area contributed by atoms with Gasteiger partial charge in [-0.25, -0.2) is 0 Å². The van der Waals surface area contributed by atoms with E-state index < -0.39 is 11.8 Å². The first-order valence-electron chi connectivity index (χ1n) is 9.48. The Morgan fingerprint density at radius 2 is 1.46 bits per heavy atom. The van der Waals surface area contributed by atoms with Gasteiger partial charge >= 0.3 is 11.8 Å². The average Bonchev–Trinajstić information content (AvgIpc) is 2.70. The molecule has 146 valence electrons. The van der Waals surface area contributed by atoms with Crippen molar-refractivity contribution in [2.24, 2.45) is 0 Å². The highest BCUT2D eigenvalue weighted by Gasteiger charge is 2.33. The summed E-state index contributed by atoms with van der Waals surface area (Å²) in [5.41, 5.74) is 3.99. The van der Waals surface area contributed by atoms with Gasteiger partial charge in [-0.15, -0.1) is 0 Å². The Bertz CT molecular complexity index is 860. The smallest absolute Gasteiger partial charge is 0.312 e. The lowest BCUT2D eigenvalue weighted by atomic mass is 10.1. The molecule has 2 aromatic rings. The van der Waals surface area contributed by atoms with Crippen LogP contribution in [0, 0.1) is 6.92 Å². The number of amides is 3. The van der Waals surface area contributed by atoms with E-state index in [1.165, 1.54) is 15.4 Å². The van der Waals surface area contributed by atoms with E-state index in [2.05, 4.69) is 12.2 Å². The number of hydrogen-bond donors (Lipinski definition) is 1. The zero-order valence-electron chi connectivity index (χ0n) is 16.3. The van der Waals surface area contributed by atoms with E-state index in [1.807, 2.05) is 55.5 Å². The fraction of sp³-hybridized carbons (Fsp3) is 0.318. The third kappa shape index (κ3) is 4.76. The molecule has 0 aliphatic carbocycles. The van der Waals surface area contributed by atoms with Crippen molar-refractivity contribution in [3.63, 3.8) is 0 Å². The number of carbonyl (C=O) groups excluding carboxylic acids is 3. The van der Waals surface area contributed by atoms with Crippen molar-refractivity contribution in [1.82, 2.24) is 9.80 Å². The van der Waals surface area contributed by atoms with Gasteiger partial charge in [0, 0.05) is 25.3 Å². The molecule has 1 heterocycles. The third-order valence-electron chi connectivity index (χ3n) is 4.87. The number of anilines is 1. The summed E-state index contributed by atoms with van der Waals surface area (Å²) in [4.78, 5) is 39.9. The summed E-state index contributed by atoms with van der Waals surface area (Å²) < 4.78 is 0. The number of piperazine rings is 1. The molecule has 0 aromatic heterocycles. The second-order valence-corrected chi connectivity index (χ2v) is 7.04. The fourth-order valence-electron chi connectivity index (χ4n) is 3.13. The molecule has 6 nitrogen and oxygen atoms in total. The number of rotatable bonds is 6. The van der Waals surface area contributed by atoms with Gasteiger partial charge in [-0.2, -0.15) is 0 Å². The molecule has 2 aromatic carbocycles. The van der Waals surface area contributed by atoms with Crippen LogP contribution in [0.15, 0.2) is 48.5 Å². The van der Waals surface area contributed by atoms with E-state index >= 15 is 0 Å². The molecule has 3 amide bonds. The van der Waals surface area contributed by atoms with Gasteiger partial charge < -0.3 is 15.1 Å². The molecule has 0 bridgehead atoms. The molecular formula is C22H25N3O3. The molecule has 1 aliphatic heterocycles. The number of nitrogens with zero attached hydrogens (tertiary/aromatic N) is 2. The summed E-state index contributed by atoms with van der Waals surface area (Å²) in [7, 11) is 0. The normalized spacial score (nSPS) is 14.4. The fourth-order valence-corrected chi connectivity index (χ4v) is 3.13. The quantitative estimate of drug-likeness (QED) is 0.784. The second-order valence-electron chi connectivity index (χ2n) is 7.04. The summed E-state index contributed by atoms with van der Waals surface area (Å²) in [5, 5.41) is 2.77. The predicted octanol–water partition coefficient (Wildman–Crippen LogP) is 2.37. The van der Waals surface area contributed by atoms with E-state index in [1.54, 1.807) is 0 Å². The van der Waals surface area contributed by atoms with E-state index in [9.17, 15) is 14.4 Å². The number of aryl methyl sites for hydroxylation is 2. The molecule has 1 fully saturated rings. The third-order valence-corrected chi connectivity index (χ3v) is 4.87. The minimum atomic E-state index is -0.630. The average molecular weight is 379 g/mol. The van der Waals surface area contributed by atoms with Crippen molar-refractivity contribution >= 4 is 23.4 Å². The van der Waals surface area contributed by atoms with Crippen LogP contribution in [0.4, 0.5) is 5.69 Å². The van der Waals surface area contributed by atoms with Crippen molar-refractivity contribution in [3.8, 4) is 0 Å². The Morgan fingerprint density at radius 3 is 2.11 bits per heavy atom. The van der Waals surface area contributed by atoms with E-state index in [-0.39, 0.29) is 12.5 Å². The lowest BCUT2D eigenvalue weighted by Gasteiger charge is -2.33. The Hall–Kier alpha value is -3.15. The Kier molecular flexibility index (Phi) is 6.09. The van der Waals surface area contributed by atoms with E-state index in [0.717, 1.165) is 17.5 Å². The molecule has 28 heavy (non-hydrogen) atoms. The molecule has 6 heteroatoms. The Labute approximate surface area is 165 Å². The monoisotopic (exact) mass is 379 g/mol. The minimum absolute atomic E-state index is 0.127. The zero-order chi connectivity index (χ0) is 20.1. The molecule has 1 saturated heterocycles. The molecule has 1 aliphatic rings. The number of hydrogen-bond acceptors (Lipinski definition) is 3. The lowest BCUT2D eigenvalue weighted by Crippen LogP contribution is -2.55. The largest absolute Gasteiger partial charge is 0.328 e. The van der Waals surface area contributed by atoms with Gasteiger partial charge in [-0.05, 0) is 36.6 Å². The van der Waals surface area contributed by atoms with Crippen molar-refractivity contribution in [3.05, 3.63) is 65.2 Å². The number of nitrogens with one attached hydrogen (secondary N) is 1. The van der Waals surface area contributed by atoms with Gasteiger partial charge in [0.05, 0.1) is 0 Å². The Balaban J connectivity index is 1.54. The van der Waals surface area contributed by atoms with Crippen LogP contribution in [0.1, 0.15) is 23.6 Å². The first-order valence-corrected chi connectivity index (χ1v) is 9.48. The first kappa shape index (κ1) is 19.6. The number of carbonyl (C=O) groups is 3. The molecule has 0 radical (unpaired) electrons. The lowest BCUT2D eigenvalue weighted by molar-refractivity contribution is -0.157. The topological polar surface area (TPSA) is 69.7 Å². The first-order chi connectivity index (χ1) is 13.5. The number of benzene rings is 2. The summed E-state index contributed by atoms with van der Waals surface area (Å²) in [6, 6.07) is 15.5. The highest BCUT2D eigenvalue weighted by Crippen LogP contribution is 2.13. The van der Waals surface area contributed by atoms with Crippen molar-refractivity contribution in [1.29, 1.82) is 0 Å². The molecular weight excluding hydrogens is 354 g/mol. The van der Waals surface area contributed by atoms with E-state index in [0.29, 0.717) is 25.3 Å². The van der Waals surface area contributed by atoms with Gasteiger partial charge in [0.2, 0.25) is 5.91 Å². The van der Waals surface area contributed by atoms with Crippen LogP contribution >= 0.6 is 0 Å². The standard InChI is InChI=1S/C22H25N3O3/c1-3-17-8-10-19(11-9-17)23-20(26)15-25-13-12-24(21(27)22(25)28)14-18-6-4-16(2)5-7-18/h4-11H,3,12-15H2,1-2H3,(H,23,26). The van der Waals surface area contributed by atoms with Gasteiger partial charge in [0.1, 0.15) is 6.54 Å². The summed E-state index contributed by atoms with van der Waals surface area (Å²) >= 11 is 0. The maximum Gasteiger partial charge on any atom is 0.312 e. The van der Waals surface area contributed by atoms with Crippen molar-refractivity contribution in [2.75, 3.05) is 25.0 Å². The second kappa shape index (κ2) is 8.69. The molecule has 0 unspecified atom stereocenters. The zero-order valence-corrected chi connectivity index (χ0v) is 16.3. The van der Waals surface area contributed by atoms with Gasteiger partial charge in [0.15, 0.2) is 0 Å². The molecule has 0 spiro atoms. The predicted molar refractivity (Wildman–Crippen MR) is 108 cm³/mol. The van der Waals surface area contributed by atoms with Crippen LogP contribution < -0.4 is 5.32 Å². The summed E-state index contributed by atoms with van der Waals surface area (Å²) in [5.74, 6) is -1.50. The maximum absolute atomic E-state index is 12.4. The van der Waals surface area contributed by atoms with Gasteiger partial charge in [-0.1, -0.05) is 48.9 Å². The highest BCUT2D eigenvalue weighted by molar-refractivity contribution is 6.35. The summed E-state index contributed by atoms with van der Waals surface area (Å²) in [6.07, 6.45) is 0.928. The minimum Gasteiger partial charge on any atom is -0.328 e.